The number of benzene rings is 1. The third-order valence-corrected chi connectivity index (χ3v) is 3.64. The lowest BCUT2D eigenvalue weighted by molar-refractivity contribution is -0.123. The molecular weight excluding hydrogens is 378 g/mol. The van der Waals surface area contributed by atoms with E-state index in [0.29, 0.717) is 25.1 Å². The second-order valence-electron chi connectivity index (χ2n) is 4.06. The molecule has 0 radical (unpaired) electrons. The van der Waals surface area contributed by atoms with Crippen LogP contribution in [-0.2, 0) is 4.79 Å². The van der Waals surface area contributed by atoms with Gasteiger partial charge in [-0.3, -0.25) is 4.79 Å². The number of ether oxygens (including phenoxy) is 1. The van der Waals surface area contributed by atoms with Crippen molar-refractivity contribution in [1.82, 2.24) is 5.32 Å². The van der Waals surface area contributed by atoms with Crippen LogP contribution in [0.2, 0.25) is 0 Å². The zero-order valence-electron chi connectivity index (χ0n) is 10.7. The molecule has 4 nitrogen and oxygen atoms in total. The number of aliphatic hydroxyl groups excluding tert-OH is 1. The summed E-state index contributed by atoms with van der Waals surface area (Å²) >= 11 is 6.70. The van der Waals surface area contributed by atoms with Crippen molar-refractivity contribution >= 4 is 37.8 Å². The predicted molar refractivity (Wildman–Crippen MR) is 81.3 cm³/mol. The third-order valence-electron chi connectivity index (χ3n) is 2.52. The van der Waals surface area contributed by atoms with Gasteiger partial charge in [-0.2, -0.15) is 0 Å². The van der Waals surface area contributed by atoms with Crippen molar-refractivity contribution in [3.63, 3.8) is 0 Å². The summed E-state index contributed by atoms with van der Waals surface area (Å²) in [6.07, 6.45) is 0.893. The number of hydrogen-bond acceptors (Lipinski definition) is 3. The highest BCUT2D eigenvalue weighted by atomic mass is 79.9. The molecule has 106 valence electrons. The Hall–Kier alpha value is -0.590. The lowest BCUT2D eigenvalue weighted by Crippen LogP contribution is -2.31. The maximum atomic E-state index is 11.5. The lowest BCUT2D eigenvalue weighted by atomic mass is 10.2. The van der Waals surface area contributed by atoms with Crippen LogP contribution in [0.15, 0.2) is 27.1 Å². The molecule has 1 aromatic carbocycles. The van der Waals surface area contributed by atoms with Gasteiger partial charge < -0.3 is 15.2 Å². The highest BCUT2D eigenvalue weighted by molar-refractivity contribution is 9.11. The maximum absolute atomic E-state index is 11.5. The van der Waals surface area contributed by atoms with E-state index in [-0.39, 0.29) is 18.6 Å². The Morgan fingerprint density at radius 2 is 2.21 bits per heavy atom. The van der Waals surface area contributed by atoms with E-state index in [1.165, 1.54) is 0 Å². The summed E-state index contributed by atoms with van der Waals surface area (Å²) in [7, 11) is 0. The van der Waals surface area contributed by atoms with E-state index in [4.69, 9.17) is 4.74 Å². The minimum absolute atomic E-state index is 0.0392. The van der Waals surface area contributed by atoms with Gasteiger partial charge in [0.25, 0.3) is 5.91 Å². The number of halogens is 2. The molecule has 0 aliphatic rings. The standard InChI is InChI=1S/C13H17Br2NO3/c1-2-10(17)5-6-16-13(18)8-19-12-4-3-9(14)7-11(12)15/h3-4,7,10,17H,2,5-6,8H2,1H3,(H,16,18). The summed E-state index contributed by atoms with van der Waals surface area (Å²) in [5.41, 5.74) is 0. The van der Waals surface area contributed by atoms with Gasteiger partial charge in [0.05, 0.1) is 10.6 Å². The number of carbonyl (C=O) groups excluding carboxylic acids is 1. The highest BCUT2D eigenvalue weighted by Gasteiger charge is 2.07. The summed E-state index contributed by atoms with van der Waals surface area (Å²) in [5, 5.41) is 12.0. The van der Waals surface area contributed by atoms with Crippen LogP contribution >= 0.6 is 31.9 Å². The van der Waals surface area contributed by atoms with E-state index in [0.717, 1.165) is 8.95 Å². The molecule has 19 heavy (non-hydrogen) atoms. The number of hydrogen-bond donors (Lipinski definition) is 2. The zero-order chi connectivity index (χ0) is 14.3. The Kier molecular flexibility index (Phi) is 7.41. The average Bonchev–Trinajstić information content (AvgIpc) is 2.37. The fourth-order valence-corrected chi connectivity index (χ4v) is 2.53. The van der Waals surface area contributed by atoms with Crippen molar-refractivity contribution in [3.8, 4) is 5.75 Å². The lowest BCUT2D eigenvalue weighted by Gasteiger charge is -2.10. The average molecular weight is 395 g/mol. The van der Waals surface area contributed by atoms with Crippen molar-refractivity contribution in [1.29, 1.82) is 0 Å². The minimum Gasteiger partial charge on any atom is -0.483 e. The van der Waals surface area contributed by atoms with Crippen LogP contribution < -0.4 is 10.1 Å². The van der Waals surface area contributed by atoms with Crippen LogP contribution in [0.5, 0.6) is 5.75 Å². The van der Waals surface area contributed by atoms with Crippen LogP contribution in [0, 0.1) is 0 Å². The molecule has 0 aliphatic heterocycles. The Bertz CT molecular complexity index is 426. The van der Waals surface area contributed by atoms with Gasteiger partial charge in [-0.05, 0) is 47.0 Å². The van der Waals surface area contributed by atoms with Gasteiger partial charge in [-0.15, -0.1) is 0 Å². The second kappa shape index (κ2) is 8.55. The largest absolute Gasteiger partial charge is 0.483 e. The topological polar surface area (TPSA) is 58.6 Å². The number of rotatable bonds is 7. The third kappa shape index (κ3) is 6.40. The van der Waals surface area contributed by atoms with Crippen LogP contribution in [0.3, 0.4) is 0 Å². The molecule has 1 atom stereocenters. The summed E-state index contributed by atoms with van der Waals surface area (Å²) in [5.74, 6) is 0.421. The maximum Gasteiger partial charge on any atom is 0.257 e. The summed E-state index contributed by atoms with van der Waals surface area (Å²) in [4.78, 5) is 11.5. The van der Waals surface area contributed by atoms with E-state index < -0.39 is 0 Å². The molecule has 0 saturated heterocycles. The SMILES string of the molecule is CCC(O)CCNC(=O)COc1ccc(Br)cc1Br. The molecule has 0 fully saturated rings. The predicted octanol–water partition coefficient (Wildman–Crippen LogP) is 2.87. The molecule has 0 saturated carbocycles. The van der Waals surface area contributed by atoms with Crippen LogP contribution in [0.1, 0.15) is 19.8 Å². The van der Waals surface area contributed by atoms with E-state index in [9.17, 15) is 9.90 Å². The summed E-state index contributed by atoms with van der Waals surface area (Å²) in [6.45, 7) is 2.32. The van der Waals surface area contributed by atoms with Gasteiger partial charge >= 0.3 is 0 Å². The number of amides is 1. The fourth-order valence-electron chi connectivity index (χ4n) is 1.37. The first kappa shape index (κ1) is 16.5. The second-order valence-corrected chi connectivity index (χ2v) is 5.83. The first-order chi connectivity index (χ1) is 9.02. The van der Waals surface area contributed by atoms with Gasteiger partial charge in [0.15, 0.2) is 6.61 Å². The van der Waals surface area contributed by atoms with Crippen LogP contribution in [-0.4, -0.2) is 30.3 Å². The minimum atomic E-state index is -0.359. The molecule has 6 heteroatoms. The van der Waals surface area contributed by atoms with E-state index >= 15 is 0 Å². The first-order valence-electron chi connectivity index (χ1n) is 6.05. The van der Waals surface area contributed by atoms with Crippen LogP contribution in [0.25, 0.3) is 0 Å². The van der Waals surface area contributed by atoms with Gasteiger partial charge in [0.2, 0.25) is 0 Å². The molecule has 1 unspecified atom stereocenters. The molecule has 0 spiro atoms. The molecule has 0 aromatic heterocycles. The molecule has 0 aliphatic carbocycles. The zero-order valence-corrected chi connectivity index (χ0v) is 13.8. The van der Waals surface area contributed by atoms with Crippen molar-refractivity contribution < 1.29 is 14.6 Å². The Morgan fingerprint density at radius 1 is 1.47 bits per heavy atom. The molecular formula is C13H17Br2NO3. The number of aliphatic hydroxyl groups is 1. The summed E-state index contributed by atoms with van der Waals surface area (Å²) < 4.78 is 7.12. The van der Waals surface area contributed by atoms with E-state index in [2.05, 4.69) is 37.2 Å². The molecule has 1 amide bonds. The van der Waals surface area contributed by atoms with Gasteiger partial charge in [0.1, 0.15) is 5.75 Å². The van der Waals surface area contributed by atoms with Gasteiger partial charge in [-0.25, -0.2) is 0 Å². The molecule has 2 N–H and O–H groups in total. The first-order valence-corrected chi connectivity index (χ1v) is 7.64. The quantitative estimate of drug-likeness (QED) is 0.747. The van der Waals surface area contributed by atoms with Crippen molar-refractivity contribution in [2.45, 2.75) is 25.9 Å². The normalized spacial score (nSPS) is 12.0. The molecule has 1 rings (SSSR count). The van der Waals surface area contributed by atoms with Gasteiger partial charge in [-0.1, -0.05) is 22.9 Å². The van der Waals surface area contributed by atoms with E-state index in [1.807, 2.05) is 19.1 Å². The smallest absolute Gasteiger partial charge is 0.257 e. The molecule has 1 aromatic rings. The van der Waals surface area contributed by atoms with Gasteiger partial charge in [0, 0.05) is 11.0 Å². The Labute approximate surface area is 129 Å². The van der Waals surface area contributed by atoms with Crippen molar-refractivity contribution in [3.05, 3.63) is 27.1 Å². The summed E-state index contributed by atoms with van der Waals surface area (Å²) in [6, 6.07) is 5.47. The number of nitrogens with one attached hydrogen (secondary N) is 1. The van der Waals surface area contributed by atoms with Crippen molar-refractivity contribution in [2.75, 3.05) is 13.2 Å². The van der Waals surface area contributed by atoms with Crippen molar-refractivity contribution in [2.24, 2.45) is 0 Å². The van der Waals surface area contributed by atoms with E-state index in [1.54, 1.807) is 6.07 Å². The molecule has 0 heterocycles. The van der Waals surface area contributed by atoms with Crippen LogP contribution in [0.4, 0.5) is 0 Å². The Morgan fingerprint density at radius 3 is 2.84 bits per heavy atom. The monoisotopic (exact) mass is 393 g/mol. The highest BCUT2D eigenvalue weighted by Crippen LogP contribution is 2.27. The molecule has 0 bridgehead atoms. The number of carbonyl (C=O) groups is 1. The fraction of sp³-hybridized carbons (Fsp3) is 0.462. The Balaban J connectivity index is 2.30.